The molecule has 0 heterocycles. The fourth-order valence-electron chi connectivity index (χ4n) is 1.32. The zero-order valence-electron chi connectivity index (χ0n) is 10.2. The van der Waals surface area contributed by atoms with Crippen LogP contribution in [0.5, 0.6) is 0 Å². The van der Waals surface area contributed by atoms with Crippen LogP contribution in [0.1, 0.15) is 5.56 Å². The number of halogens is 2. The van der Waals surface area contributed by atoms with Crippen molar-refractivity contribution < 1.29 is 22.3 Å². The van der Waals surface area contributed by atoms with Crippen molar-refractivity contribution in [1.29, 1.82) is 0 Å². The molecule has 4 nitrogen and oxygen atoms in total. The van der Waals surface area contributed by atoms with Crippen LogP contribution in [0.3, 0.4) is 0 Å². The predicted molar refractivity (Wildman–Crippen MR) is 66.2 cm³/mol. The Morgan fingerprint density at radius 1 is 1.32 bits per heavy atom. The van der Waals surface area contributed by atoms with Crippen molar-refractivity contribution in [3.8, 4) is 11.8 Å². The molecule has 0 radical (unpaired) electrons. The van der Waals surface area contributed by atoms with E-state index in [4.69, 9.17) is 5.11 Å². The van der Waals surface area contributed by atoms with E-state index in [1.807, 2.05) is 0 Å². The van der Waals surface area contributed by atoms with E-state index >= 15 is 0 Å². The molecule has 0 amide bonds. The van der Waals surface area contributed by atoms with Crippen molar-refractivity contribution in [2.24, 2.45) is 0 Å². The predicted octanol–water partition coefficient (Wildman–Crippen LogP) is 0.916. The Kier molecular flexibility index (Phi) is 5.42. The van der Waals surface area contributed by atoms with Gasteiger partial charge in [-0.15, -0.1) is 0 Å². The molecule has 0 saturated heterocycles. The molecule has 0 aliphatic carbocycles. The Morgan fingerprint density at radius 3 is 2.37 bits per heavy atom. The molecule has 19 heavy (non-hydrogen) atoms. The molecule has 1 rings (SSSR count). The molecule has 0 unspecified atom stereocenters. The van der Waals surface area contributed by atoms with E-state index in [2.05, 4.69) is 11.8 Å². The first-order valence-corrected chi connectivity index (χ1v) is 6.76. The van der Waals surface area contributed by atoms with Gasteiger partial charge in [0, 0.05) is 12.6 Å². The van der Waals surface area contributed by atoms with E-state index in [9.17, 15) is 17.2 Å². The van der Waals surface area contributed by atoms with Gasteiger partial charge in [-0.05, 0) is 24.3 Å². The highest BCUT2D eigenvalue weighted by Crippen LogP contribution is 2.15. The largest absolute Gasteiger partial charge is 0.384 e. The monoisotopic (exact) mass is 289 g/mol. The van der Waals surface area contributed by atoms with Crippen LogP contribution in [-0.2, 0) is 10.0 Å². The first-order chi connectivity index (χ1) is 8.87. The number of hydrogen-bond donors (Lipinski definition) is 1. The van der Waals surface area contributed by atoms with E-state index in [-0.39, 0.29) is 11.5 Å². The Hall–Kier alpha value is -1.49. The summed E-state index contributed by atoms with van der Waals surface area (Å²) in [7, 11) is -2.82. The van der Waals surface area contributed by atoms with E-state index in [0.717, 1.165) is 7.05 Å². The summed E-state index contributed by atoms with van der Waals surface area (Å²) in [6, 6.07) is 5.48. The lowest BCUT2D eigenvalue weighted by Gasteiger charge is -2.16. The van der Waals surface area contributed by atoms with Crippen LogP contribution in [0, 0.1) is 11.8 Å². The quantitative estimate of drug-likeness (QED) is 0.838. The number of rotatable bonds is 4. The number of hydrogen-bond acceptors (Lipinski definition) is 3. The molecule has 0 aromatic heterocycles. The third kappa shape index (κ3) is 4.28. The van der Waals surface area contributed by atoms with Gasteiger partial charge in [0.1, 0.15) is 6.61 Å². The van der Waals surface area contributed by atoms with Crippen LogP contribution >= 0.6 is 0 Å². The van der Waals surface area contributed by atoms with Crippen molar-refractivity contribution in [1.82, 2.24) is 4.31 Å². The Bertz CT molecular complexity index is 573. The Balaban J connectivity index is 2.96. The molecule has 1 aromatic rings. The lowest BCUT2D eigenvalue weighted by atomic mass is 10.2. The minimum Gasteiger partial charge on any atom is -0.384 e. The van der Waals surface area contributed by atoms with Gasteiger partial charge in [0.25, 0.3) is 6.43 Å². The average Bonchev–Trinajstić information content (AvgIpc) is 2.36. The van der Waals surface area contributed by atoms with E-state index in [0.29, 0.717) is 9.87 Å². The van der Waals surface area contributed by atoms with Gasteiger partial charge in [0.15, 0.2) is 0 Å². The standard InChI is InChI=1S/C12H13F2NO3S/c1-15(9-12(13)14)19(17,18)11-6-4-10(5-7-11)3-2-8-16/h4-7,12,16H,8-9H2,1H3. The van der Waals surface area contributed by atoms with Crippen LogP contribution in [0.2, 0.25) is 0 Å². The van der Waals surface area contributed by atoms with Gasteiger partial charge in [0.05, 0.1) is 11.4 Å². The summed E-state index contributed by atoms with van der Waals surface area (Å²) in [4.78, 5) is -0.0785. The topological polar surface area (TPSA) is 57.6 Å². The number of sulfonamides is 1. The van der Waals surface area contributed by atoms with Crippen LogP contribution < -0.4 is 0 Å². The first-order valence-electron chi connectivity index (χ1n) is 5.32. The van der Waals surface area contributed by atoms with E-state index < -0.39 is 23.0 Å². The molecule has 0 saturated carbocycles. The summed E-state index contributed by atoms with van der Waals surface area (Å²) in [5, 5.41) is 8.52. The summed E-state index contributed by atoms with van der Waals surface area (Å²) in [5.41, 5.74) is 0.532. The highest BCUT2D eigenvalue weighted by atomic mass is 32.2. The van der Waals surface area contributed by atoms with Gasteiger partial charge >= 0.3 is 0 Å². The number of benzene rings is 1. The minimum absolute atomic E-state index is 0.0785. The molecular formula is C12H13F2NO3S. The van der Waals surface area contributed by atoms with Crippen LogP contribution in [0.25, 0.3) is 0 Å². The van der Waals surface area contributed by atoms with Gasteiger partial charge in [-0.3, -0.25) is 0 Å². The average molecular weight is 289 g/mol. The maximum atomic E-state index is 12.2. The van der Waals surface area contributed by atoms with Crippen LogP contribution in [-0.4, -0.2) is 44.5 Å². The lowest BCUT2D eigenvalue weighted by molar-refractivity contribution is 0.126. The molecule has 0 atom stereocenters. The number of aliphatic hydroxyl groups is 1. The van der Waals surface area contributed by atoms with Gasteiger partial charge in [-0.25, -0.2) is 17.2 Å². The van der Waals surface area contributed by atoms with E-state index in [1.165, 1.54) is 24.3 Å². The lowest BCUT2D eigenvalue weighted by Crippen LogP contribution is -2.31. The second-order valence-electron chi connectivity index (χ2n) is 3.66. The number of aliphatic hydroxyl groups excluding tert-OH is 1. The fraction of sp³-hybridized carbons (Fsp3) is 0.333. The van der Waals surface area contributed by atoms with Gasteiger partial charge in [-0.2, -0.15) is 4.31 Å². The molecular weight excluding hydrogens is 276 g/mol. The SMILES string of the molecule is CN(CC(F)F)S(=O)(=O)c1ccc(C#CCO)cc1. The molecule has 7 heteroatoms. The maximum absolute atomic E-state index is 12.2. The molecule has 0 bridgehead atoms. The van der Waals surface area contributed by atoms with Gasteiger partial charge < -0.3 is 5.11 Å². The van der Waals surface area contributed by atoms with Crippen molar-refractivity contribution >= 4 is 10.0 Å². The summed E-state index contributed by atoms with van der Waals surface area (Å²) < 4.78 is 48.8. The third-order valence-corrected chi connectivity index (χ3v) is 4.11. The van der Waals surface area contributed by atoms with Crippen LogP contribution in [0.4, 0.5) is 8.78 Å². The number of alkyl halides is 2. The van der Waals surface area contributed by atoms with Gasteiger partial charge in [-0.1, -0.05) is 11.8 Å². The minimum atomic E-state index is -3.92. The van der Waals surface area contributed by atoms with E-state index in [1.54, 1.807) is 0 Å². The number of nitrogens with zero attached hydrogens (tertiary/aromatic N) is 1. The van der Waals surface area contributed by atoms with Crippen molar-refractivity contribution in [3.63, 3.8) is 0 Å². The zero-order valence-corrected chi connectivity index (χ0v) is 11.0. The smallest absolute Gasteiger partial charge is 0.252 e. The fourth-order valence-corrected chi connectivity index (χ4v) is 2.47. The second-order valence-corrected chi connectivity index (χ2v) is 5.71. The Morgan fingerprint density at radius 2 is 1.89 bits per heavy atom. The molecule has 0 fully saturated rings. The molecule has 0 aliphatic rings. The highest BCUT2D eigenvalue weighted by Gasteiger charge is 2.23. The second kappa shape index (κ2) is 6.61. The summed E-state index contributed by atoms with van der Waals surface area (Å²) in [5.74, 6) is 5.02. The first kappa shape index (κ1) is 15.6. The third-order valence-electron chi connectivity index (χ3n) is 2.27. The zero-order chi connectivity index (χ0) is 14.5. The molecule has 1 N–H and O–H groups in total. The van der Waals surface area contributed by atoms with Crippen molar-refractivity contribution in [2.45, 2.75) is 11.3 Å². The highest BCUT2D eigenvalue weighted by molar-refractivity contribution is 7.89. The van der Waals surface area contributed by atoms with Crippen molar-refractivity contribution in [2.75, 3.05) is 20.2 Å². The Labute approximate surface area is 110 Å². The molecule has 104 valence electrons. The summed E-state index contributed by atoms with van der Waals surface area (Å²) in [6.45, 7) is -1.15. The summed E-state index contributed by atoms with van der Waals surface area (Å²) in [6.07, 6.45) is -2.73. The maximum Gasteiger partial charge on any atom is 0.252 e. The summed E-state index contributed by atoms with van der Waals surface area (Å²) >= 11 is 0. The van der Waals surface area contributed by atoms with Crippen LogP contribution in [0.15, 0.2) is 29.2 Å². The van der Waals surface area contributed by atoms with Crippen molar-refractivity contribution in [3.05, 3.63) is 29.8 Å². The normalized spacial score (nSPS) is 11.5. The molecule has 0 aliphatic heterocycles. The molecule has 0 spiro atoms. The molecule has 1 aromatic carbocycles. The van der Waals surface area contributed by atoms with Gasteiger partial charge in [0.2, 0.25) is 10.0 Å².